The average molecular weight is 284 g/mol. The minimum absolute atomic E-state index is 0.171. The van der Waals surface area contributed by atoms with Gasteiger partial charge in [-0.05, 0) is 18.2 Å². The van der Waals surface area contributed by atoms with Crippen LogP contribution in [-0.4, -0.2) is 4.98 Å². The van der Waals surface area contributed by atoms with Crippen LogP contribution in [0.25, 0.3) is 10.9 Å². The van der Waals surface area contributed by atoms with E-state index >= 15 is 0 Å². The van der Waals surface area contributed by atoms with Gasteiger partial charge in [0.2, 0.25) is 0 Å². The highest BCUT2D eigenvalue weighted by molar-refractivity contribution is 5.78. The molecule has 0 bridgehead atoms. The summed E-state index contributed by atoms with van der Waals surface area (Å²) in [6.45, 7) is 0. The number of hydrogen-bond donors (Lipinski definition) is 1. The first-order chi connectivity index (χ1) is 10.1. The molecule has 2 nitrogen and oxygen atoms in total. The zero-order chi connectivity index (χ0) is 14.8. The molecular weight excluding hydrogens is 270 g/mol. The van der Waals surface area contributed by atoms with Crippen molar-refractivity contribution >= 4 is 10.9 Å². The van der Waals surface area contributed by atoms with Crippen molar-refractivity contribution in [2.75, 3.05) is 0 Å². The van der Waals surface area contributed by atoms with E-state index in [2.05, 4.69) is 4.98 Å². The number of rotatable bonds is 3. The van der Waals surface area contributed by atoms with Crippen LogP contribution in [0.1, 0.15) is 17.3 Å². The Balaban J connectivity index is 1.89. The van der Waals surface area contributed by atoms with Gasteiger partial charge >= 0.3 is 0 Å². The lowest BCUT2D eigenvalue weighted by atomic mass is 10.0. The van der Waals surface area contributed by atoms with Crippen molar-refractivity contribution in [1.82, 2.24) is 4.98 Å². The molecule has 0 saturated heterocycles. The highest BCUT2D eigenvalue weighted by atomic mass is 19.2. The maximum Gasteiger partial charge on any atom is 0.163 e. The van der Waals surface area contributed by atoms with E-state index in [1.54, 1.807) is 0 Å². The van der Waals surface area contributed by atoms with Gasteiger partial charge in [0.15, 0.2) is 11.6 Å². The smallest absolute Gasteiger partial charge is 0.163 e. The Labute approximate surface area is 121 Å². The summed E-state index contributed by atoms with van der Waals surface area (Å²) in [6.07, 6.45) is 0.352. The summed E-state index contributed by atoms with van der Waals surface area (Å²) >= 11 is 0. The summed E-state index contributed by atoms with van der Waals surface area (Å²) in [5.74, 6) is -1.76. The molecule has 0 saturated carbocycles. The maximum atomic E-state index is 13.7. The van der Waals surface area contributed by atoms with Crippen molar-refractivity contribution in [2.45, 2.75) is 12.5 Å². The topological polar surface area (TPSA) is 38.9 Å². The van der Waals surface area contributed by atoms with Gasteiger partial charge in [-0.3, -0.25) is 4.98 Å². The van der Waals surface area contributed by atoms with E-state index < -0.39 is 17.7 Å². The Bertz CT molecular complexity index is 787. The van der Waals surface area contributed by atoms with Crippen LogP contribution in [0.3, 0.4) is 0 Å². The van der Waals surface area contributed by atoms with Crippen LogP contribution in [0.15, 0.2) is 54.6 Å². The largest absolute Gasteiger partial charge is 0.324 e. The molecule has 0 radical (unpaired) electrons. The van der Waals surface area contributed by atoms with Crippen molar-refractivity contribution in [2.24, 2.45) is 5.73 Å². The van der Waals surface area contributed by atoms with E-state index in [0.29, 0.717) is 6.42 Å². The van der Waals surface area contributed by atoms with Crippen LogP contribution in [0.2, 0.25) is 0 Å². The quantitative estimate of drug-likeness (QED) is 0.795. The molecule has 3 rings (SSSR count). The SMILES string of the molecule is NC(Cc1ccc2ccccc2n1)c1cccc(F)c1F. The summed E-state index contributed by atoms with van der Waals surface area (Å²) < 4.78 is 27.0. The van der Waals surface area contributed by atoms with Gasteiger partial charge in [0.05, 0.1) is 5.52 Å². The third kappa shape index (κ3) is 2.76. The first-order valence-corrected chi connectivity index (χ1v) is 6.69. The Morgan fingerprint density at radius 2 is 1.76 bits per heavy atom. The average Bonchev–Trinajstić information content (AvgIpc) is 2.50. The van der Waals surface area contributed by atoms with Gasteiger partial charge in [0.25, 0.3) is 0 Å². The number of benzene rings is 2. The summed E-state index contributed by atoms with van der Waals surface area (Å²) in [4.78, 5) is 4.50. The molecule has 3 aromatic rings. The zero-order valence-corrected chi connectivity index (χ0v) is 11.3. The summed E-state index contributed by atoms with van der Waals surface area (Å²) in [5.41, 5.74) is 7.78. The van der Waals surface area contributed by atoms with Gasteiger partial charge in [0.1, 0.15) is 0 Å². The van der Waals surface area contributed by atoms with E-state index in [0.717, 1.165) is 22.7 Å². The van der Waals surface area contributed by atoms with E-state index in [-0.39, 0.29) is 5.56 Å². The first kappa shape index (κ1) is 13.6. The molecule has 1 atom stereocenters. The van der Waals surface area contributed by atoms with Crippen LogP contribution in [0.4, 0.5) is 8.78 Å². The number of nitrogens with two attached hydrogens (primary N) is 1. The molecule has 0 aliphatic heterocycles. The fourth-order valence-electron chi connectivity index (χ4n) is 2.36. The van der Waals surface area contributed by atoms with Crippen molar-refractivity contribution in [3.63, 3.8) is 0 Å². The molecule has 4 heteroatoms. The van der Waals surface area contributed by atoms with Crippen molar-refractivity contribution in [1.29, 1.82) is 0 Å². The molecule has 1 unspecified atom stereocenters. The van der Waals surface area contributed by atoms with E-state index in [9.17, 15) is 8.78 Å². The number of halogens is 2. The Kier molecular flexibility index (Phi) is 3.62. The number of pyridine rings is 1. The Hall–Kier alpha value is -2.33. The molecule has 1 aromatic heterocycles. The van der Waals surface area contributed by atoms with Crippen LogP contribution in [-0.2, 0) is 6.42 Å². The predicted octanol–water partition coefficient (Wildman–Crippen LogP) is 3.76. The Morgan fingerprint density at radius 3 is 2.62 bits per heavy atom. The van der Waals surface area contributed by atoms with Gasteiger partial charge in [-0.2, -0.15) is 0 Å². The third-order valence-electron chi connectivity index (χ3n) is 3.47. The lowest BCUT2D eigenvalue weighted by Crippen LogP contribution is -2.16. The second-order valence-electron chi connectivity index (χ2n) is 4.95. The van der Waals surface area contributed by atoms with Crippen LogP contribution < -0.4 is 5.73 Å². The second kappa shape index (κ2) is 5.58. The van der Waals surface area contributed by atoms with Crippen LogP contribution >= 0.6 is 0 Å². The number of aromatic nitrogens is 1. The summed E-state index contributed by atoms with van der Waals surface area (Å²) in [6, 6.07) is 15.0. The molecule has 0 aliphatic rings. The van der Waals surface area contributed by atoms with Gasteiger partial charge < -0.3 is 5.73 Å². The zero-order valence-electron chi connectivity index (χ0n) is 11.3. The lowest BCUT2D eigenvalue weighted by molar-refractivity contribution is 0.487. The fourth-order valence-corrected chi connectivity index (χ4v) is 2.36. The first-order valence-electron chi connectivity index (χ1n) is 6.69. The molecule has 0 fully saturated rings. The normalized spacial score (nSPS) is 12.5. The van der Waals surface area contributed by atoms with E-state index in [4.69, 9.17) is 5.73 Å². The number of fused-ring (bicyclic) bond motifs is 1. The van der Waals surface area contributed by atoms with Crippen LogP contribution in [0.5, 0.6) is 0 Å². The second-order valence-corrected chi connectivity index (χ2v) is 4.95. The standard InChI is InChI=1S/C17H14F2N2/c18-14-6-3-5-13(17(14)19)15(20)10-12-9-8-11-4-1-2-7-16(11)21-12/h1-9,15H,10,20H2. The fraction of sp³-hybridized carbons (Fsp3) is 0.118. The molecule has 2 N–H and O–H groups in total. The van der Waals surface area contributed by atoms with E-state index in [1.165, 1.54) is 12.1 Å². The number of para-hydroxylation sites is 1. The Morgan fingerprint density at radius 1 is 0.952 bits per heavy atom. The lowest BCUT2D eigenvalue weighted by Gasteiger charge is -2.13. The molecule has 0 spiro atoms. The molecule has 21 heavy (non-hydrogen) atoms. The van der Waals surface area contributed by atoms with Crippen LogP contribution in [0, 0.1) is 11.6 Å². The van der Waals surface area contributed by atoms with Gasteiger partial charge in [0, 0.05) is 29.1 Å². The monoisotopic (exact) mass is 284 g/mol. The minimum Gasteiger partial charge on any atom is -0.324 e. The predicted molar refractivity (Wildman–Crippen MR) is 78.7 cm³/mol. The highest BCUT2D eigenvalue weighted by Crippen LogP contribution is 2.21. The van der Waals surface area contributed by atoms with Gasteiger partial charge in [-0.25, -0.2) is 8.78 Å². The molecule has 2 aromatic carbocycles. The van der Waals surface area contributed by atoms with Crippen molar-refractivity contribution in [3.8, 4) is 0 Å². The molecule has 0 amide bonds. The summed E-state index contributed by atoms with van der Waals surface area (Å²) in [7, 11) is 0. The maximum absolute atomic E-state index is 13.7. The number of nitrogens with zero attached hydrogens (tertiary/aromatic N) is 1. The molecule has 1 heterocycles. The molecular formula is C17H14F2N2. The molecule has 106 valence electrons. The molecule has 0 aliphatic carbocycles. The summed E-state index contributed by atoms with van der Waals surface area (Å²) in [5, 5.41) is 1.03. The third-order valence-corrected chi connectivity index (χ3v) is 3.47. The van der Waals surface area contributed by atoms with Gasteiger partial charge in [-0.1, -0.05) is 36.4 Å². The van der Waals surface area contributed by atoms with E-state index in [1.807, 2.05) is 36.4 Å². The van der Waals surface area contributed by atoms with Crippen molar-refractivity contribution < 1.29 is 8.78 Å². The number of hydrogen-bond acceptors (Lipinski definition) is 2. The highest BCUT2D eigenvalue weighted by Gasteiger charge is 2.15. The van der Waals surface area contributed by atoms with Gasteiger partial charge in [-0.15, -0.1) is 0 Å². The minimum atomic E-state index is -0.884. The van der Waals surface area contributed by atoms with Crippen molar-refractivity contribution in [3.05, 3.63) is 77.5 Å².